The molecule has 0 unspecified atom stereocenters. The molecule has 1 atom stereocenters. The van der Waals surface area contributed by atoms with Crippen LogP contribution in [0.1, 0.15) is 58.8 Å². The van der Waals surface area contributed by atoms with E-state index in [-0.39, 0.29) is 5.91 Å². The first-order valence-corrected chi connectivity index (χ1v) is 10.3. The normalized spacial score (nSPS) is 17.1. The summed E-state index contributed by atoms with van der Waals surface area (Å²) in [4.78, 5) is 15.3. The van der Waals surface area contributed by atoms with E-state index in [0.717, 1.165) is 48.5 Å². The van der Waals surface area contributed by atoms with Crippen molar-refractivity contribution >= 4 is 5.91 Å². The van der Waals surface area contributed by atoms with Gasteiger partial charge in [0.25, 0.3) is 5.91 Å². The molecule has 1 N–H and O–H groups in total. The molecule has 0 bridgehead atoms. The lowest BCUT2D eigenvalue weighted by Gasteiger charge is -2.32. The summed E-state index contributed by atoms with van der Waals surface area (Å²) < 4.78 is 3.55. The summed E-state index contributed by atoms with van der Waals surface area (Å²) in [5.41, 5.74) is 6.81. The van der Waals surface area contributed by atoms with Gasteiger partial charge in [-0.2, -0.15) is 15.3 Å². The molecular formula is C21H29N7O. The maximum Gasteiger partial charge on any atom is 0.272 e. The van der Waals surface area contributed by atoms with Crippen LogP contribution >= 0.6 is 0 Å². The number of amides is 1. The number of rotatable bonds is 4. The number of H-pyrrole nitrogens is 1. The molecule has 4 heterocycles. The molecule has 3 aromatic heterocycles. The Morgan fingerprint density at radius 2 is 2.03 bits per heavy atom. The van der Waals surface area contributed by atoms with Gasteiger partial charge < -0.3 is 4.90 Å². The molecule has 0 saturated carbocycles. The Bertz CT molecular complexity index is 1040. The fourth-order valence-electron chi connectivity index (χ4n) is 4.45. The second-order valence-electron chi connectivity index (χ2n) is 7.96. The Morgan fingerprint density at radius 3 is 2.72 bits per heavy atom. The third-order valence-corrected chi connectivity index (χ3v) is 6.11. The molecule has 1 fully saturated rings. The minimum absolute atomic E-state index is 0.0349. The lowest BCUT2D eigenvalue weighted by molar-refractivity contribution is 0.0694. The summed E-state index contributed by atoms with van der Waals surface area (Å²) in [6.45, 7) is 7.62. The highest BCUT2D eigenvalue weighted by atomic mass is 16.2. The van der Waals surface area contributed by atoms with Gasteiger partial charge in [0.1, 0.15) is 5.69 Å². The number of nitrogens with one attached hydrogen (secondary N) is 1. The number of likely N-dealkylation sites (tertiary alicyclic amines) is 1. The third-order valence-electron chi connectivity index (χ3n) is 6.11. The fourth-order valence-corrected chi connectivity index (χ4v) is 4.45. The molecule has 1 aliphatic rings. The number of aromatic amines is 1. The molecule has 8 heteroatoms. The molecule has 0 aromatic carbocycles. The molecule has 1 aliphatic heterocycles. The Hall–Kier alpha value is -2.90. The number of aryl methyl sites for hydroxylation is 4. The van der Waals surface area contributed by atoms with Crippen LogP contribution in [0.3, 0.4) is 0 Å². The molecular weight excluding hydrogens is 366 g/mol. The van der Waals surface area contributed by atoms with Gasteiger partial charge in [0.15, 0.2) is 0 Å². The summed E-state index contributed by atoms with van der Waals surface area (Å²) in [7, 11) is 3.76. The Kier molecular flexibility index (Phi) is 5.02. The Morgan fingerprint density at radius 1 is 1.24 bits per heavy atom. The predicted molar refractivity (Wildman–Crippen MR) is 111 cm³/mol. The average Bonchev–Trinajstić information content (AvgIpc) is 3.39. The number of carbonyl (C=O) groups is 1. The first kappa shape index (κ1) is 19.4. The average molecular weight is 396 g/mol. The smallest absolute Gasteiger partial charge is 0.272 e. The second-order valence-corrected chi connectivity index (χ2v) is 7.96. The lowest BCUT2D eigenvalue weighted by atomic mass is 9.92. The molecule has 3 aromatic rings. The molecule has 0 radical (unpaired) electrons. The fraction of sp³-hybridized carbons (Fsp3) is 0.524. The summed E-state index contributed by atoms with van der Waals surface area (Å²) >= 11 is 0. The van der Waals surface area contributed by atoms with E-state index in [9.17, 15) is 4.79 Å². The van der Waals surface area contributed by atoms with Crippen molar-refractivity contribution in [2.24, 2.45) is 14.1 Å². The van der Waals surface area contributed by atoms with Gasteiger partial charge in [-0.1, -0.05) is 6.92 Å². The van der Waals surface area contributed by atoms with E-state index in [2.05, 4.69) is 27.3 Å². The maximum absolute atomic E-state index is 13.3. The van der Waals surface area contributed by atoms with Gasteiger partial charge in [-0.3, -0.25) is 19.3 Å². The van der Waals surface area contributed by atoms with Gasteiger partial charge in [0.05, 0.1) is 17.6 Å². The number of carbonyl (C=O) groups excluding carboxylic acids is 1. The van der Waals surface area contributed by atoms with E-state index in [4.69, 9.17) is 0 Å². The van der Waals surface area contributed by atoms with Gasteiger partial charge in [0.2, 0.25) is 0 Å². The van der Waals surface area contributed by atoms with Crippen molar-refractivity contribution in [1.82, 2.24) is 34.7 Å². The number of nitrogens with zero attached hydrogens (tertiary/aromatic N) is 6. The van der Waals surface area contributed by atoms with Crippen LogP contribution in [0.25, 0.3) is 11.3 Å². The minimum atomic E-state index is 0.0349. The van der Waals surface area contributed by atoms with E-state index < -0.39 is 0 Å². The molecule has 8 nitrogen and oxygen atoms in total. The summed E-state index contributed by atoms with van der Waals surface area (Å²) in [5.74, 6) is 0.341. The summed E-state index contributed by atoms with van der Waals surface area (Å²) in [5, 5.41) is 16.5. The molecule has 1 amide bonds. The van der Waals surface area contributed by atoms with Crippen molar-refractivity contribution in [1.29, 1.82) is 0 Å². The lowest BCUT2D eigenvalue weighted by Crippen LogP contribution is -2.40. The van der Waals surface area contributed by atoms with Crippen molar-refractivity contribution in [3.05, 3.63) is 40.6 Å². The number of hydrogen-bond donors (Lipinski definition) is 1. The van der Waals surface area contributed by atoms with Crippen LogP contribution in [0.15, 0.2) is 12.3 Å². The van der Waals surface area contributed by atoms with E-state index in [1.165, 1.54) is 11.3 Å². The van der Waals surface area contributed by atoms with Crippen molar-refractivity contribution in [2.45, 2.75) is 46.0 Å². The van der Waals surface area contributed by atoms with Crippen LogP contribution in [-0.4, -0.2) is 53.7 Å². The molecule has 0 aliphatic carbocycles. The van der Waals surface area contributed by atoms with Crippen LogP contribution in [0.5, 0.6) is 0 Å². The largest absolute Gasteiger partial charge is 0.337 e. The molecule has 154 valence electrons. The minimum Gasteiger partial charge on any atom is -0.337 e. The maximum atomic E-state index is 13.3. The van der Waals surface area contributed by atoms with Gasteiger partial charge in [-0.05, 0) is 44.7 Å². The standard InChI is InChI=1S/C21H29N7O/c1-6-15-11-22-23-20(15)16-8-7-9-28(12-16)21(29)18-10-17(25-27(18)5)19-13(2)24-26(4)14(19)3/h10-11,16H,6-9,12H2,1-5H3,(H,22,23)/t16-/m1/s1. The van der Waals surface area contributed by atoms with Gasteiger partial charge in [-0.25, -0.2) is 0 Å². The zero-order valence-electron chi connectivity index (χ0n) is 17.9. The van der Waals surface area contributed by atoms with Crippen molar-refractivity contribution < 1.29 is 4.79 Å². The SMILES string of the molecule is CCc1cn[nH]c1[C@@H]1CCCN(C(=O)c2cc(-c3c(C)nn(C)c3C)nn2C)C1. The molecule has 29 heavy (non-hydrogen) atoms. The van der Waals surface area contributed by atoms with Crippen LogP contribution in [0.2, 0.25) is 0 Å². The highest BCUT2D eigenvalue weighted by molar-refractivity contribution is 5.94. The predicted octanol–water partition coefficient (Wildman–Crippen LogP) is 2.74. The van der Waals surface area contributed by atoms with Crippen LogP contribution in [-0.2, 0) is 20.5 Å². The van der Waals surface area contributed by atoms with Gasteiger partial charge >= 0.3 is 0 Å². The zero-order chi connectivity index (χ0) is 20.7. The van der Waals surface area contributed by atoms with Crippen molar-refractivity contribution in [3.8, 4) is 11.3 Å². The van der Waals surface area contributed by atoms with E-state index in [1.807, 2.05) is 49.8 Å². The van der Waals surface area contributed by atoms with E-state index in [0.29, 0.717) is 18.2 Å². The Balaban J connectivity index is 1.59. The zero-order valence-corrected chi connectivity index (χ0v) is 17.9. The van der Waals surface area contributed by atoms with E-state index in [1.54, 1.807) is 4.68 Å². The van der Waals surface area contributed by atoms with Gasteiger partial charge in [-0.15, -0.1) is 0 Å². The first-order chi connectivity index (χ1) is 13.9. The monoisotopic (exact) mass is 395 g/mol. The third kappa shape index (κ3) is 3.36. The van der Waals surface area contributed by atoms with Crippen molar-refractivity contribution in [3.63, 3.8) is 0 Å². The molecule has 4 rings (SSSR count). The summed E-state index contributed by atoms with van der Waals surface area (Å²) in [6, 6.07) is 1.90. The van der Waals surface area contributed by atoms with Crippen LogP contribution in [0.4, 0.5) is 0 Å². The van der Waals surface area contributed by atoms with Crippen molar-refractivity contribution in [2.75, 3.05) is 13.1 Å². The van der Waals surface area contributed by atoms with Crippen LogP contribution < -0.4 is 0 Å². The topological polar surface area (TPSA) is 84.6 Å². The number of piperidine rings is 1. The highest BCUT2D eigenvalue weighted by Crippen LogP contribution is 2.30. The van der Waals surface area contributed by atoms with Gasteiger partial charge in [0, 0.05) is 50.1 Å². The summed E-state index contributed by atoms with van der Waals surface area (Å²) in [6.07, 6.45) is 4.92. The molecule has 0 spiro atoms. The molecule has 1 saturated heterocycles. The Labute approximate surface area is 170 Å². The number of aromatic nitrogens is 6. The van der Waals surface area contributed by atoms with Crippen LogP contribution in [0, 0.1) is 13.8 Å². The highest BCUT2D eigenvalue weighted by Gasteiger charge is 2.29. The van der Waals surface area contributed by atoms with E-state index >= 15 is 0 Å². The second kappa shape index (κ2) is 7.50. The quantitative estimate of drug-likeness (QED) is 0.736. The first-order valence-electron chi connectivity index (χ1n) is 10.3. The number of hydrogen-bond acceptors (Lipinski definition) is 4.